The van der Waals surface area contributed by atoms with Crippen molar-refractivity contribution in [3.63, 3.8) is 0 Å². The zero-order valence-corrected chi connectivity index (χ0v) is 14.3. The van der Waals surface area contributed by atoms with E-state index >= 15 is 0 Å². The fraction of sp³-hybridized carbons (Fsp3) is 0.250. The van der Waals surface area contributed by atoms with Gasteiger partial charge in [0.25, 0.3) is 5.91 Å². The van der Waals surface area contributed by atoms with E-state index in [9.17, 15) is 9.90 Å². The molecular weight excluding hydrogens is 316 g/mol. The maximum Gasteiger partial charge on any atom is 0.257 e. The van der Waals surface area contributed by atoms with Crippen LogP contribution in [0.4, 0.5) is 0 Å². The van der Waals surface area contributed by atoms with Crippen LogP contribution in [0.3, 0.4) is 0 Å². The van der Waals surface area contributed by atoms with Gasteiger partial charge in [0.1, 0.15) is 11.5 Å². The number of rotatable bonds is 2. The van der Waals surface area contributed by atoms with Crippen molar-refractivity contribution in [2.24, 2.45) is 0 Å². The molecule has 0 spiro atoms. The minimum absolute atomic E-state index is 0.0124. The van der Waals surface area contributed by atoms with E-state index in [4.69, 9.17) is 4.74 Å². The Morgan fingerprint density at radius 2 is 2.00 bits per heavy atom. The second kappa shape index (κ2) is 5.84. The lowest BCUT2D eigenvalue weighted by Crippen LogP contribution is -2.31. The molecule has 3 aromatic rings. The number of carbonyl (C=O) groups excluding carboxylic acids is 1. The maximum absolute atomic E-state index is 13.0. The number of hydrogen-bond acceptors (Lipinski definition) is 3. The Balaban J connectivity index is 1.80. The first kappa shape index (κ1) is 15.6. The van der Waals surface area contributed by atoms with Gasteiger partial charge >= 0.3 is 0 Å². The van der Waals surface area contributed by atoms with Gasteiger partial charge in [0.05, 0.1) is 19.2 Å². The molecule has 1 aliphatic heterocycles. The Morgan fingerprint density at radius 3 is 2.76 bits per heavy atom. The normalized spacial score (nSPS) is 13.8. The number of nitrogens with zero attached hydrogens (tertiary/aromatic N) is 1. The number of benzene rings is 2. The smallest absolute Gasteiger partial charge is 0.257 e. The van der Waals surface area contributed by atoms with Crippen LogP contribution in [0.5, 0.6) is 11.5 Å². The molecular formula is C20H20N2O3. The number of phenolic OH excluding ortho intramolecular Hbond substituents is 1. The molecule has 0 unspecified atom stereocenters. The first-order chi connectivity index (χ1) is 12.1. The molecule has 25 heavy (non-hydrogen) atoms. The molecule has 2 heterocycles. The molecule has 0 saturated heterocycles. The molecule has 2 N–H and O–H groups in total. The molecule has 5 nitrogen and oxygen atoms in total. The van der Waals surface area contributed by atoms with Gasteiger partial charge in [0, 0.05) is 28.7 Å². The fourth-order valence-corrected chi connectivity index (χ4v) is 3.72. The minimum atomic E-state index is -0.163. The quantitative estimate of drug-likeness (QED) is 0.754. The van der Waals surface area contributed by atoms with E-state index in [1.54, 1.807) is 36.3 Å². The third-order valence-electron chi connectivity index (χ3n) is 4.97. The van der Waals surface area contributed by atoms with Crippen molar-refractivity contribution in [1.29, 1.82) is 0 Å². The van der Waals surface area contributed by atoms with Crippen LogP contribution >= 0.6 is 0 Å². The van der Waals surface area contributed by atoms with Crippen LogP contribution in [0.25, 0.3) is 10.9 Å². The number of aromatic nitrogens is 1. The van der Waals surface area contributed by atoms with Gasteiger partial charge in [-0.1, -0.05) is 12.1 Å². The molecule has 1 aliphatic rings. The number of H-pyrrole nitrogens is 1. The SMILES string of the molecule is COc1ccc2[nH]c(C)c3c2c1CN(C(=O)c1ccccc1O)CC3. The van der Waals surface area contributed by atoms with Crippen LogP contribution in [0.15, 0.2) is 36.4 Å². The average Bonchev–Trinajstić information content (AvgIpc) is 2.80. The van der Waals surface area contributed by atoms with Crippen molar-refractivity contribution in [1.82, 2.24) is 9.88 Å². The number of methoxy groups -OCH3 is 1. The largest absolute Gasteiger partial charge is 0.507 e. The van der Waals surface area contributed by atoms with Gasteiger partial charge < -0.3 is 19.7 Å². The van der Waals surface area contributed by atoms with Crippen LogP contribution in [0.2, 0.25) is 0 Å². The Morgan fingerprint density at radius 1 is 1.20 bits per heavy atom. The topological polar surface area (TPSA) is 65.6 Å². The van der Waals surface area contributed by atoms with E-state index in [2.05, 4.69) is 11.9 Å². The third kappa shape index (κ3) is 2.43. The standard InChI is InChI=1S/C20H20N2O3/c1-12-13-9-10-22(20(24)14-5-3-4-6-17(14)23)11-15-18(25-2)8-7-16(21-12)19(13)15/h3-8,21,23H,9-11H2,1-2H3. The Hall–Kier alpha value is -2.95. The molecule has 1 aromatic heterocycles. The number of aromatic hydroxyl groups is 1. The van der Waals surface area contributed by atoms with Gasteiger partial charge in [-0.15, -0.1) is 0 Å². The van der Waals surface area contributed by atoms with E-state index in [0.29, 0.717) is 18.7 Å². The predicted octanol–water partition coefficient (Wildman–Crippen LogP) is 3.39. The predicted molar refractivity (Wildman–Crippen MR) is 96.1 cm³/mol. The Bertz CT molecular complexity index is 974. The molecule has 4 rings (SSSR count). The van der Waals surface area contributed by atoms with Crippen LogP contribution in [-0.2, 0) is 13.0 Å². The van der Waals surface area contributed by atoms with Crippen molar-refractivity contribution < 1.29 is 14.6 Å². The highest BCUT2D eigenvalue weighted by Gasteiger charge is 2.26. The third-order valence-corrected chi connectivity index (χ3v) is 4.97. The summed E-state index contributed by atoms with van der Waals surface area (Å²) in [4.78, 5) is 18.2. The highest BCUT2D eigenvalue weighted by atomic mass is 16.5. The Labute approximate surface area is 145 Å². The lowest BCUT2D eigenvalue weighted by Gasteiger charge is -2.22. The van der Waals surface area contributed by atoms with Gasteiger partial charge in [-0.25, -0.2) is 0 Å². The van der Waals surface area contributed by atoms with Gasteiger partial charge in [0.2, 0.25) is 0 Å². The molecule has 1 amide bonds. The van der Waals surface area contributed by atoms with Crippen LogP contribution < -0.4 is 4.74 Å². The van der Waals surface area contributed by atoms with Crippen molar-refractivity contribution >= 4 is 16.8 Å². The highest BCUT2D eigenvalue weighted by molar-refractivity contribution is 5.98. The second-order valence-corrected chi connectivity index (χ2v) is 6.39. The fourth-order valence-electron chi connectivity index (χ4n) is 3.72. The summed E-state index contributed by atoms with van der Waals surface area (Å²) >= 11 is 0. The summed E-state index contributed by atoms with van der Waals surface area (Å²) in [7, 11) is 1.65. The highest BCUT2D eigenvalue weighted by Crippen LogP contribution is 2.36. The number of phenols is 1. The molecule has 5 heteroatoms. The first-order valence-corrected chi connectivity index (χ1v) is 8.34. The maximum atomic E-state index is 13.0. The second-order valence-electron chi connectivity index (χ2n) is 6.39. The van der Waals surface area contributed by atoms with E-state index < -0.39 is 0 Å². The number of nitrogens with one attached hydrogen (secondary N) is 1. The summed E-state index contributed by atoms with van der Waals surface area (Å²) < 4.78 is 5.55. The number of para-hydroxylation sites is 1. The molecule has 0 bridgehead atoms. The lowest BCUT2D eigenvalue weighted by atomic mass is 10.0. The van der Waals surface area contributed by atoms with Gasteiger partial charge in [-0.2, -0.15) is 0 Å². The number of aromatic amines is 1. The van der Waals surface area contributed by atoms with Crippen LogP contribution in [0.1, 0.15) is 27.2 Å². The van der Waals surface area contributed by atoms with Gasteiger partial charge in [-0.05, 0) is 43.2 Å². The first-order valence-electron chi connectivity index (χ1n) is 8.34. The molecule has 0 fully saturated rings. The van der Waals surface area contributed by atoms with Crippen molar-refractivity contribution in [2.75, 3.05) is 13.7 Å². The summed E-state index contributed by atoms with van der Waals surface area (Å²) in [5.74, 6) is 0.632. The number of amides is 1. The Kier molecular flexibility index (Phi) is 3.64. The minimum Gasteiger partial charge on any atom is -0.507 e. The van der Waals surface area contributed by atoms with E-state index in [1.807, 2.05) is 12.1 Å². The number of carbonyl (C=O) groups is 1. The van der Waals surface area contributed by atoms with Gasteiger partial charge in [-0.3, -0.25) is 4.79 Å². The van der Waals surface area contributed by atoms with Gasteiger partial charge in [0.15, 0.2) is 0 Å². The number of hydrogen-bond donors (Lipinski definition) is 2. The molecule has 0 aliphatic carbocycles. The molecule has 0 atom stereocenters. The summed E-state index contributed by atoms with van der Waals surface area (Å²) in [5.41, 5.74) is 4.78. The van der Waals surface area contributed by atoms with E-state index in [0.717, 1.165) is 34.3 Å². The zero-order chi connectivity index (χ0) is 17.6. The summed E-state index contributed by atoms with van der Waals surface area (Å²) in [6.45, 7) is 3.11. The van der Waals surface area contributed by atoms with Crippen LogP contribution in [0, 0.1) is 6.92 Å². The van der Waals surface area contributed by atoms with Crippen molar-refractivity contribution in [2.45, 2.75) is 19.9 Å². The van der Waals surface area contributed by atoms with Crippen molar-refractivity contribution in [3.05, 3.63) is 58.8 Å². The molecule has 2 aromatic carbocycles. The number of ether oxygens (including phenoxy) is 1. The zero-order valence-electron chi connectivity index (χ0n) is 14.3. The van der Waals surface area contributed by atoms with E-state index in [1.165, 1.54) is 5.56 Å². The summed E-state index contributed by atoms with van der Waals surface area (Å²) in [6, 6.07) is 10.6. The molecule has 0 radical (unpaired) electrons. The van der Waals surface area contributed by atoms with Crippen LogP contribution in [-0.4, -0.2) is 34.6 Å². The van der Waals surface area contributed by atoms with E-state index in [-0.39, 0.29) is 11.7 Å². The molecule has 0 saturated carbocycles. The lowest BCUT2D eigenvalue weighted by molar-refractivity contribution is 0.0743. The molecule has 128 valence electrons. The summed E-state index contributed by atoms with van der Waals surface area (Å²) in [5, 5.41) is 11.2. The monoisotopic (exact) mass is 336 g/mol. The average molecular weight is 336 g/mol. The summed E-state index contributed by atoms with van der Waals surface area (Å²) in [6.07, 6.45) is 0.769. The van der Waals surface area contributed by atoms with Crippen molar-refractivity contribution in [3.8, 4) is 11.5 Å². The number of aryl methyl sites for hydroxylation is 1.